The summed E-state index contributed by atoms with van der Waals surface area (Å²) in [6.07, 6.45) is 7.54. The minimum atomic E-state index is -0.611. The summed E-state index contributed by atoms with van der Waals surface area (Å²) < 4.78 is 17.7. The SMILES string of the molecule is O=C1N([C@@H]2CCC[C@@H](O)C2)c2nc(Nc3cn[nH]c3OCCF)ncc2C12CC2. The minimum Gasteiger partial charge on any atom is -0.474 e. The molecule has 0 unspecified atom stereocenters. The zero-order chi connectivity index (χ0) is 20.0. The number of carbonyl (C=O) groups excluding carboxylic acids is 1. The number of aromatic amines is 1. The van der Waals surface area contributed by atoms with Crippen molar-refractivity contribution < 1.29 is 19.0 Å². The number of hydrogen-bond donors (Lipinski definition) is 3. The van der Waals surface area contributed by atoms with Crippen LogP contribution in [0.25, 0.3) is 0 Å². The molecule has 2 atom stereocenters. The van der Waals surface area contributed by atoms with E-state index in [1.165, 1.54) is 6.20 Å². The number of nitrogens with one attached hydrogen (secondary N) is 2. The van der Waals surface area contributed by atoms with Crippen LogP contribution >= 0.6 is 0 Å². The molecule has 5 rings (SSSR count). The standard InChI is InChI=1S/C19H23FN6O3/c20-6-7-29-16-14(10-22-25-16)23-18-21-9-13-15(24-18)26(17(28)19(13)4-5-19)11-2-1-3-12(27)8-11/h9-12,27H,1-8H2,(H,22,25)(H,21,23,24)/t11-,12-/m1/s1. The molecule has 29 heavy (non-hydrogen) atoms. The normalized spacial score (nSPS) is 24.6. The lowest BCUT2D eigenvalue weighted by Crippen LogP contribution is -2.44. The number of aliphatic hydroxyl groups excluding tert-OH is 1. The number of rotatable bonds is 6. The average molecular weight is 402 g/mol. The molecule has 1 amide bonds. The van der Waals surface area contributed by atoms with Gasteiger partial charge in [0.15, 0.2) is 0 Å². The van der Waals surface area contributed by atoms with Gasteiger partial charge in [-0.25, -0.2) is 14.5 Å². The Balaban J connectivity index is 1.45. The Bertz CT molecular complexity index is 930. The predicted octanol–water partition coefficient (Wildman–Crippen LogP) is 1.97. The number of ether oxygens (including phenoxy) is 1. The Labute approximate surface area is 166 Å². The topological polar surface area (TPSA) is 116 Å². The fraction of sp³-hybridized carbons (Fsp3) is 0.579. The third-order valence-electron chi connectivity index (χ3n) is 6.05. The molecule has 0 saturated heterocycles. The van der Waals surface area contributed by atoms with Crippen molar-refractivity contribution in [1.29, 1.82) is 0 Å². The number of amides is 1. The van der Waals surface area contributed by atoms with E-state index in [1.54, 1.807) is 11.1 Å². The first-order valence-corrected chi connectivity index (χ1v) is 10.0. The summed E-state index contributed by atoms with van der Waals surface area (Å²) in [6.45, 7) is -0.697. The number of alkyl halides is 1. The van der Waals surface area contributed by atoms with Gasteiger partial charge in [0.2, 0.25) is 17.7 Å². The quantitative estimate of drug-likeness (QED) is 0.676. The molecule has 0 aromatic carbocycles. The van der Waals surface area contributed by atoms with Crippen LogP contribution < -0.4 is 15.0 Å². The zero-order valence-electron chi connectivity index (χ0n) is 15.9. The van der Waals surface area contributed by atoms with Crippen molar-refractivity contribution in [2.75, 3.05) is 23.5 Å². The number of hydrogen-bond acceptors (Lipinski definition) is 7. The molecule has 154 valence electrons. The smallest absolute Gasteiger partial charge is 0.239 e. The summed E-state index contributed by atoms with van der Waals surface area (Å²) in [5.41, 5.74) is 0.874. The maximum atomic E-state index is 13.2. The first-order valence-electron chi connectivity index (χ1n) is 10.0. The third kappa shape index (κ3) is 3.02. The van der Waals surface area contributed by atoms with Crippen LogP contribution in [0.5, 0.6) is 5.88 Å². The third-order valence-corrected chi connectivity index (χ3v) is 6.05. The molecule has 3 heterocycles. The Morgan fingerprint density at radius 3 is 3.00 bits per heavy atom. The maximum Gasteiger partial charge on any atom is 0.239 e. The number of aliphatic hydroxyl groups is 1. The summed E-state index contributed by atoms with van der Waals surface area (Å²) in [5.74, 6) is 1.31. The molecule has 2 aliphatic carbocycles. The van der Waals surface area contributed by atoms with Gasteiger partial charge in [0.05, 0.1) is 17.7 Å². The number of halogens is 1. The van der Waals surface area contributed by atoms with Crippen LogP contribution in [0.3, 0.4) is 0 Å². The fourth-order valence-electron chi connectivity index (χ4n) is 4.45. The minimum absolute atomic E-state index is 0.0508. The second kappa shape index (κ2) is 6.94. The molecule has 2 aromatic rings. The monoisotopic (exact) mass is 402 g/mol. The van der Waals surface area contributed by atoms with Gasteiger partial charge in [-0.05, 0) is 38.5 Å². The van der Waals surface area contributed by atoms with E-state index in [9.17, 15) is 14.3 Å². The number of anilines is 3. The lowest BCUT2D eigenvalue weighted by molar-refractivity contribution is -0.121. The summed E-state index contributed by atoms with van der Waals surface area (Å²) in [5, 5.41) is 19.7. The van der Waals surface area contributed by atoms with Crippen LogP contribution in [0.1, 0.15) is 44.1 Å². The molecule has 0 radical (unpaired) electrons. The highest BCUT2D eigenvalue weighted by Gasteiger charge is 2.61. The second-order valence-electron chi connectivity index (χ2n) is 7.94. The molecule has 10 heteroatoms. The van der Waals surface area contributed by atoms with Crippen LogP contribution in [0.4, 0.5) is 21.8 Å². The molecule has 0 bridgehead atoms. The number of fused-ring (bicyclic) bond motifs is 2. The molecule has 2 aromatic heterocycles. The Morgan fingerprint density at radius 2 is 2.24 bits per heavy atom. The second-order valence-corrected chi connectivity index (χ2v) is 7.94. The number of H-pyrrole nitrogens is 1. The first kappa shape index (κ1) is 18.3. The van der Waals surface area contributed by atoms with E-state index in [0.717, 1.165) is 37.7 Å². The van der Waals surface area contributed by atoms with Crippen molar-refractivity contribution in [3.8, 4) is 5.88 Å². The van der Waals surface area contributed by atoms with Crippen LogP contribution in [-0.2, 0) is 10.2 Å². The maximum absolute atomic E-state index is 13.2. The predicted molar refractivity (Wildman–Crippen MR) is 102 cm³/mol. The van der Waals surface area contributed by atoms with Crippen molar-refractivity contribution in [1.82, 2.24) is 20.2 Å². The van der Waals surface area contributed by atoms with Crippen molar-refractivity contribution in [3.63, 3.8) is 0 Å². The summed E-state index contributed by atoms with van der Waals surface area (Å²) in [4.78, 5) is 24.1. The molecule has 2 saturated carbocycles. The van der Waals surface area contributed by atoms with E-state index < -0.39 is 12.1 Å². The van der Waals surface area contributed by atoms with Crippen LogP contribution in [0, 0.1) is 0 Å². The molecular weight excluding hydrogens is 379 g/mol. The van der Waals surface area contributed by atoms with Crippen molar-refractivity contribution in [2.45, 2.75) is 56.1 Å². The van der Waals surface area contributed by atoms with Crippen molar-refractivity contribution in [3.05, 3.63) is 18.0 Å². The molecule has 9 nitrogen and oxygen atoms in total. The molecule has 3 N–H and O–H groups in total. The Hall–Kier alpha value is -2.75. The van der Waals surface area contributed by atoms with E-state index in [0.29, 0.717) is 29.8 Å². The summed E-state index contributed by atoms with van der Waals surface area (Å²) in [7, 11) is 0. The van der Waals surface area contributed by atoms with E-state index >= 15 is 0 Å². The van der Waals surface area contributed by atoms with Gasteiger partial charge in [0.25, 0.3) is 0 Å². The highest BCUT2D eigenvalue weighted by atomic mass is 19.1. The Kier molecular flexibility index (Phi) is 4.38. The van der Waals surface area contributed by atoms with E-state index in [4.69, 9.17) is 4.74 Å². The van der Waals surface area contributed by atoms with Gasteiger partial charge >= 0.3 is 0 Å². The largest absolute Gasteiger partial charge is 0.474 e. The molecule has 3 aliphatic rings. The highest BCUT2D eigenvalue weighted by molar-refractivity contribution is 6.09. The summed E-state index contributed by atoms with van der Waals surface area (Å²) in [6, 6.07) is -0.0508. The van der Waals surface area contributed by atoms with Gasteiger partial charge in [-0.2, -0.15) is 10.1 Å². The van der Waals surface area contributed by atoms with Gasteiger partial charge in [-0.15, -0.1) is 0 Å². The lowest BCUT2D eigenvalue weighted by Gasteiger charge is -2.33. The van der Waals surface area contributed by atoms with E-state index in [1.807, 2.05) is 0 Å². The van der Waals surface area contributed by atoms with Gasteiger partial charge in [0, 0.05) is 17.8 Å². The molecule has 1 aliphatic heterocycles. The van der Waals surface area contributed by atoms with E-state index in [2.05, 4.69) is 25.5 Å². The van der Waals surface area contributed by atoms with Crippen molar-refractivity contribution in [2.24, 2.45) is 0 Å². The molecule has 1 spiro atoms. The summed E-state index contributed by atoms with van der Waals surface area (Å²) >= 11 is 0. The van der Waals surface area contributed by atoms with Crippen LogP contribution in [-0.4, -0.2) is 56.6 Å². The van der Waals surface area contributed by atoms with Crippen LogP contribution in [0.15, 0.2) is 12.4 Å². The number of aromatic nitrogens is 4. The number of nitrogens with zero attached hydrogens (tertiary/aromatic N) is 4. The molecular formula is C19H23FN6O3. The van der Waals surface area contributed by atoms with Gasteiger partial charge in [-0.3, -0.25) is 9.69 Å². The van der Waals surface area contributed by atoms with Crippen molar-refractivity contribution >= 4 is 23.4 Å². The van der Waals surface area contributed by atoms with Gasteiger partial charge < -0.3 is 15.2 Å². The zero-order valence-corrected chi connectivity index (χ0v) is 15.9. The lowest BCUT2D eigenvalue weighted by atomic mass is 9.92. The Morgan fingerprint density at radius 1 is 1.38 bits per heavy atom. The fourth-order valence-corrected chi connectivity index (χ4v) is 4.45. The average Bonchev–Trinajstić information content (AvgIpc) is 3.34. The highest BCUT2D eigenvalue weighted by Crippen LogP contribution is 2.57. The number of carbonyl (C=O) groups is 1. The van der Waals surface area contributed by atoms with Crippen LogP contribution in [0.2, 0.25) is 0 Å². The van der Waals surface area contributed by atoms with Gasteiger partial charge in [-0.1, -0.05) is 0 Å². The van der Waals surface area contributed by atoms with E-state index in [-0.39, 0.29) is 24.7 Å². The van der Waals surface area contributed by atoms with Gasteiger partial charge in [0.1, 0.15) is 24.8 Å². The molecule has 2 fully saturated rings. The first-order chi connectivity index (χ1) is 14.1.